The van der Waals surface area contributed by atoms with E-state index in [4.69, 9.17) is 16.6 Å². The number of likely N-dealkylation sites (tertiary alicyclic amines) is 1. The van der Waals surface area contributed by atoms with Crippen molar-refractivity contribution in [3.05, 3.63) is 93.8 Å². The van der Waals surface area contributed by atoms with Crippen molar-refractivity contribution in [3.63, 3.8) is 0 Å². The summed E-state index contributed by atoms with van der Waals surface area (Å²) in [6, 6.07) is 12.8. The van der Waals surface area contributed by atoms with Crippen LogP contribution in [-0.4, -0.2) is 50.1 Å². The fraction of sp³-hybridized carbons (Fsp3) is 0.393. The quantitative estimate of drug-likeness (QED) is 0.419. The molecule has 1 aromatic carbocycles. The Balaban J connectivity index is 1.66. The Labute approximate surface area is 216 Å². The zero-order valence-electron chi connectivity index (χ0n) is 20.9. The molecule has 0 radical (unpaired) electrons. The third kappa shape index (κ3) is 5.85. The van der Waals surface area contributed by atoms with Gasteiger partial charge in [0, 0.05) is 50.0 Å². The van der Waals surface area contributed by atoms with Gasteiger partial charge in [-0.1, -0.05) is 43.6 Å². The normalized spacial score (nSPS) is 14.9. The zero-order chi connectivity index (χ0) is 25.9. The number of rotatable bonds is 7. The Kier molecular flexibility index (Phi) is 7.91. The predicted molar refractivity (Wildman–Crippen MR) is 139 cm³/mol. The van der Waals surface area contributed by atoms with Crippen LogP contribution in [0.3, 0.4) is 0 Å². The van der Waals surface area contributed by atoms with Crippen LogP contribution in [0.2, 0.25) is 5.02 Å². The summed E-state index contributed by atoms with van der Waals surface area (Å²) in [6.07, 6.45) is 4.07. The first-order valence-corrected chi connectivity index (χ1v) is 12.6. The van der Waals surface area contributed by atoms with Crippen molar-refractivity contribution in [3.8, 4) is 0 Å². The topological polar surface area (TPSA) is 69.6 Å². The van der Waals surface area contributed by atoms with Gasteiger partial charge in [-0.15, -0.1) is 0 Å². The van der Waals surface area contributed by atoms with E-state index in [1.54, 1.807) is 12.4 Å². The van der Waals surface area contributed by atoms with Crippen molar-refractivity contribution in [2.24, 2.45) is 0 Å². The summed E-state index contributed by atoms with van der Waals surface area (Å²) in [5.74, 6) is -0.259. The molecule has 0 aliphatic carbocycles. The summed E-state index contributed by atoms with van der Waals surface area (Å²) < 4.78 is 13.6. The molecular weight excluding hydrogens is 479 g/mol. The summed E-state index contributed by atoms with van der Waals surface area (Å²) >= 11 is 6.15. The highest BCUT2D eigenvalue weighted by Gasteiger charge is 2.31. The molecule has 2 aromatic heterocycles. The fourth-order valence-electron chi connectivity index (χ4n) is 5.01. The first-order valence-electron chi connectivity index (χ1n) is 12.2. The molecule has 1 amide bonds. The van der Waals surface area contributed by atoms with Crippen LogP contribution in [-0.2, 0) is 18.5 Å². The number of nitrogens with zero attached hydrogens (tertiary/aromatic N) is 4. The van der Waals surface area contributed by atoms with Crippen molar-refractivity contribution in [1.82, 2.24) is 19.8 Å². The largest absolute Gasteiger partial charge is 0.465 e. The van der Waals surface area contributed by atoms with Gasteiger partial charge < -0.3 is 10.0 Å². The lowest BCUT2D eigenvalue weighted by atomic mass is 9.77. The minimum Gasteiger partial charge on any atom is -0.465 e. The van der Waals surface area contributed by atoms with E-state index in [0.717, 1.165) is 40.9 Å². The van der Waals surface area contributed by atoms with Crippen molar-refractivity contribution in [2.45, 2.75) is 58.2 Å². The third-order valence-corrected chi connectivity index (χ3v) is 7.45. The molecule has 1 aliphatic heterocycles. The summed E-state index contributed by atoms with van der Waals surface area (Å²) in [4.78, 5) is 24.7. The van der Waals surface area contributed by atoms with E-state index < -0.39 is 6.09 Å². The van der Waals surface area contributed by atoms with Crippen LogP contribution in [0, 0.1) is 12.7 Å². The molecule has 0 atom stereocenters. The molecule has 8 heteroatoms. The van der Waals surface area contributed by atoms with E-state index in [1.165, 1.54) is 17.0 Å². The lowest BCUT2D eigenvalue weighted by molar-refractivity contribution is 0.0855. The number of pyridine rings is 2. The number of carbonyl (C=O) groups is 1. The van der Waals surface area contributed by atoms with Gasteiger partial charge in [-0.05, 0) is 60.7 Å². The number of hydrogen-bond acceptors (Lipinski definition) is 4. The Hall–Kier alpha value is -3.03. The average Bonchev–Trinajstić information content (AvgIpc) is 2.85. The Morgan fingerprint density at radius 3 is 2.44 bits per heavy atom. The second kappa shape index (κ2) is 10.9. The number of piperidine rings is 1. The smallest absolute Gasteiger partial charge is 0.407 e. The lowest BCUT2D eigenvalue weighted by Crippen LogP contribution is -2.46. The SMILES string of the molecule is Cc1cc(Cl)cnc1CN(Cc1ncccc1C(C)(C)c1ccc(F)cc1)C1CCN(C(=O)O)CC1. The maximum absolute atomic E-state index is 13.6. The van der Waals surface area contributed by atoms with Crippen LogP contribution in [0.15, 0.2) is 54.9 Å². The lowest BCUT2D eigenvalue weighted by Gasteiger charge is -2.38. The van der Waals surface area contributed by atoms with E-state index in [0.29, 0.717) is 31.2 Å². The number of halogens is 2. The van der Waals surface area contributed by atoms with Crippen molar-refractivity contribution < 1.29 is 14.3 Å². The zero-order valence-corrected chi connectivity index (χ0v) is 21.7. The molecule has 6 nitrogen and oxygen atoms in total. The highest BCUT2D eigenvalue weighted by atomic mass is 35.5. The van der Waals surface area contributed by atoms with Gasteiger partial charge in [-0.3, -0.25) is 14.9 Å². The van der Waals surface area contributed by atoms with E-state index in [-0.39, 0.29) is 17.3 Å². The van der Waals surface area contributed by atoms with E-state index >= 15 is 0 Å². The highest BCUT2D eigenvalue weighted by Crippen LogP contribution is 2.34. The first kappa shape index (κ1) is 26.0. The molecule has 0 unspecified atom stereocenters. The van der Waals surface area contributed by atoms with Crippen LogP contribution in [0.25, 0.3) is 0 Å². The molecule has 1 N–H and O–H groups in total. The van der Waals surface area contributed by atoms with Gasteiger partial charge in [0.15, 0.2) is 0 Å². The summed E-state index contributed by atoms with van der Waals surface area (Å²) in [5.41, 5.74) is 4.60. The minimum atomic E-state index is -0.872. The fourth-order valence-corrected chi connectivity index (χ4v) is 5.22. The van der Waals surface area contributed by atoms with Gasteiger partial charge >= 0.3 is 6.09 Å². The van der Waals surface area contributed by atoms with Gasteiger partial charge in [-0.2, -0.15) is 0 Å². The summed E-state index contributed by atoms with van der Waals surface area (Å²) in [6.45, 7) is 8.45. The van der Waals surface area contributed by atoms with E-state index in [2.05, 4.69) is 29.8 Å². The van der Waals surface area contributed by atoms with Gasteiger partial charge in [0.1, 0.15) is 5.82 Å². The molecule has 0 bridgehead atoms. The number of hydrogen-bond donors (Lipinski definition) is 1. The second-order valence-electron chi connectivity index (χ2n) is 9.95. The molecule has 1 fully saturated rings. The van der Waals surface area contributed by atoms with Gasteiger partial charge in [0.25, 0.3) is 0 Å². The monoisotopic (exact) mass is 510 g/mol. The van der Waals surface area contributed by atoms with Crippen LogP contribution in [0.1, 0.15) is 54.8 Å². The molecule has 4 rings (SSSR count). The first-order chi connectivity index (χ1) is 17.1. The molecule has 190 valence electrons. The molecule has 1 saturated heterocycles. The Morgan fingerprint density at radius 1 is 1.14 bits per heavy atom. The van der Waals surface area contributed by atoms with Crippen LogP contribution >= 0.6 is 11.6 Å². The number of amides is 1. The number of benzene rings is 1. The van der Waals surface area contributed by atoms with Gasteiger partial charge in [0.05, 0.1) is 16.4 Å². The maximum Gasteiger partial charge on any atom is 0.407 e. The molecule has 36 heavy (non-hydrogen) atoms. The Morgan fingerprint density at radius 2 is 1.81 bits per heavy atom. The average molecular weight is 511 g/mol. The number of aryl methyl sites for hydroxylation is 1. The molecule has 3 heterocycles. The van der Waals surface area contributed by atoms with E-state index in [9.17, 15) is 14.3 Å². The molecular formula is C28H32ClFN4O2. The van der Waals surface area contributed by atoms with Gasteiger partial charge in [0.2, 0.25) is 0 Å². The predicted octanol–water partition coefficient (Wildman–Crippen LogP) is 6.05. The van der Waals surface area contributed by atoms with Crippen LogP contribution < -0.4 is 0 Å². The second-order valence-corrected chi connectivity index (χ2v) is 10.4. The number of carboxylic acid groups (broad SMARTS) is 1. The highest BCUT2D eigenvalue weighted by molar-refractivity contribution is 6.30. The van der Waals surface area contributed by atoms with Crippen LogP contribution in [0.5, 0.6) is 0 Å². The summed E-state index contributed by atoms with van der Waals surface area (Å²) in [7, 11) is 0. The molecule has 1 aliphatic rings. The maximum atomic E-state index is 13.6. The number of aromatic nitrogens is 2. The molecule has 3 aromatic rings. The molecule has 0 saturated carbocycles. The van der Waals surface area contributed by atoms with Crippen molar-refractivity contribution in [2.75, 3.05) is 13.1 Å². The van der Waals surface area contributed by atoms with Crippen molar-refractivity contribution in [1.29, 1.82) is 0 Å². The van der Waals surface area contributed by atoms with E-state index in [1.807, 2.05) is 31.2 Å². The standard InChI is InChI=1S/C28H32ClFN4O2/c1-19-15-21(29)16-32-25(19)17-34(23-10-13-33(14-11-23)27(35)36)18-26-24(5-4-12-31-26)28(2,3)20-6-8-22(30)9-7-20/h4-9,12,15-16,23H,10-11,13-14,17-18H2,1-3H3,(H,35,36). The summed E-state index contributed by atoms with van der Waals surface area (Å²) in [5, 5.41) is 10.0. The molecule has 0 spiro atoms. The van der Waals surface area contributed by atoms with Gasteiger partial charge in [-0.25, -0.2) is 9.18 Å². The minimum absolute atomic E-state index is 0.182. The third-order valence-electron chi connectivity index (χ3n) is 7.24. The van der Waals surface area contributed by atoms with Crippen LogP contribution in [0.4, 0.5) is 9.18 Å². The Bertz CT molecular complexity index is 1210. The van der Waals surface area contributed by atoms with Crippen molar-refractivity contribution >= 4 is 17.7 Å².